The molecule has 0 spiro atoms. The van der Waals surface area contributed by atoms with Crippen molar-refractivity contribution in [3.63, 3.8) is 0 Å². The van der Waals surface area contributed by atoms with E-state index in [1.165, 1.54) is 43.2 Å². The lowest BCUT2D eigenvalue weighted by atomic mass is 9.83. The average Bonchev–Trinajstić information content (AvgIpc) is 2.63. The summed E-state index contributed by atoms with van der Waals surface area (Å²) in [5.41, 5.74) is 2.90. The molecule has 3 rings (SSSR count). The maximum Gasteiger partial charge on any atom is 0.0564 e. The molecule has 2 aliphatic rings. The summed E-state index contributed by atoms with van der Waals surface area (Å²) in [5, 5.41) is 13.6. The first-order valence-corrected chi connectivity index (χ1v) is 9.97. The second-order valence-corrected chi connectivity index (χ2v) is 7.72. The highest BCUT2D eigenvalue weighted by molar-refractivity contribution is 5.27. The first kappa shape index (κ1) is 17.9. The molecule has 0 bridgehead atoms. The van der Waals surface area contributed by atoms with Crippen LogP contribution in [0.15, 0.2) is 24.3 Å². The molecule has 0 aromatic heterocycles. The van der Waals surface area contributed by atoms with Crippen LogP contribution in [0, 0.1) is 5.92 Å². The number of nitrogens with one attached hydrogen (secondary N) is 1. The molecule has 2 atom stereocenters. The lowest BCUT2D eigenvalue weighted by Crippen LogP contribution is -2.38. The summed E-state index contributed by atoms with van der Waals surface area (Å²) in [5.74, 6) is 0.856. The Bertz CT molecular complexity index is 496. The highest BCUT2D eigenvalue weighted by Crippen LogP contribution is 2.27. The molecule has 1 saturated heterocycles. The Balaban J connectivity index is 1.57. The molecule has 3 nitrogen and oxygen atoms in total. The molecule has 134 valence electrons. The average molecular weight is 331 g/mol. The van der Waals surface area contributed by atoms with E-state index < -0.39 is 0 Å². The largest absolute Gasteiger partial charge is 0.393 e. The number of benzene rings is 1. The van der Waals surface area contributed by atoms with Crippen molar-refractivity contribution >= 4 is 0 Å². The summed E-state index contributed by atoms with van der Waals surface area (Å²) in [6.45, 7) is 6.39. The van der Waals surface area contributed by atoms with E-state index in [1.807, 2.05) is 0 Å². The van der Waals surface area contributed by atoms with Crippen LogP contribution in [-0.4, -0.2) is 35.2 Å². The first-order valence-electron chi connectivity index (χ1n) is 9.97. The summed E-state index contributed by atoms with van der Waals surface area (Å²) < 4.78 is 0. The zero-order valence-electron chi connectivity index (χ0n) is 15.2. The standard InChI is InChI=1S/C21H34N2O/c1-2-17-7-5-6-10-21(17)22-15-18-8-3-4-9-19(18)16-23-13-11-20(24)12-14-23/h3-4,8-9,17,20-22,24H,2,5-7,10-16H2,1H3. The van der Waals surface area contributed by atoms with Gasteiger partial charge in [-0.3, -0.25) is 4.90 Å². The summed E-state index contributed by atoms with van der Waals surface area (Å²) >= 11 is 0. The highest BCUT2D eigenvalue weighted by Gasteiger charge is 2.23. The molecule has 0 radical (unpaired) electrons. The number of aliphatic hydroxyl groups is 1. The number of likely N-dealkylation sites (tertiary alicyclic amines) is 1. The molecule has 2 N–H and O–H groups in total. The van der Waals surface area contributed by atoms with E-state index >= 15 is 0 Å². The van der Waals surface area contributed by atoms with Crippen LogP contribution >= 0.6 is 0 Å². The van der Waals surface area contributed by atoms with Gasteiger partial charge in [-0.1, -0.05) is 50.5 Å². The molecular weight excluding hydrogens is 296 g/mol. The summed E-state index contributed by atoms with van der Waals surface area (Å²) in [7, 11) is 0. The van der Waals surface area contributed by atoms with Crippen LogP contribution in [0.1, 0.15) is 63.0 Å². The minimum absolute atomic E-state index is 0.0876. The van der Waals surface area contributed by atoms with Crippen LogP contribution in [0.4, 0.5) is 0 Å². The van der Waals surface area contributed by atoms with E-state index in [0.29, 0.717) is 6.04 Å². The molecule has 1 saturated carbocycles. The van der Waals surface area contributed by atoms with Gasteiger partial charge in [-0.2, -0.15) is 0 Å². The van der Waals surface area contributed by atoms with Crippen LogP contribution in [0.5, 0.6) is 0 Å². The summed E-state index contributed by atoms with van der Waals surface area (Å²) in [6, 6.07) is 9.58. The van der Waals surface area contributed by atoms with Gasteiger partial charge in [0.25, 0.3) is 0 Å². The highest BCUT2D eigenvalue weighted by atomic mass is 16.3. The Hall–Kier alpha value is -0.900. The third-order valence-electron chi connectivity index (χ3n) is 6.06. The van der Waals surface area contributed by atoms with Crippen LogP contribution in [0.3, 0.4) is 0 Å². The normalized spacial score (nSPS) is 26.6. The van der Waals surface area contributed by atoms with E-state index in [-0.39, 0.29) is 6.10 Å². The first-order chi connectivity index (χ1) is 11.8. The maximum atomic E-state index is 9.69. The number of hydrogen-bond donors (Lipinski definition) is 2. The van der Waals surface area contributed by atoms with Gasteiger partial charge < -0.3 is 10.4 Å². The van der Waals surface area contributed by atoms with Gasteiger partial charge in [-0.25, -0.2) is 0 Å². The van der Waals surface area contributed by atoms with Gasteiger partial charge in [-0.05, 0) is 42.7 Å². The van der Waals surface area contributed by atoms with Crippen LogP contribution < -0.4 is 5.32 Å². The second-order valence-electron chi connectivity index (χ2n) is 7.72. The van der Waals surface area contributed by atoms with Gasteiger partial charge >= 0.3 is 0 Å². The molecular formula is C21H34N2O. The van der Waals surface area contributed by atoms with Crippen molar-refractivity contribution in [2.24, 2.45) is 5.92 Å². The predicted molar refractivity (Wildman–Crippen MR) is 99.8 cm³/mol. The Labute approximate surface area is 147 Å². The zero-order valence-corrected chi connectivity index (χ0v) is 15.2. The molecule has 1 heterocycles. The van der Waals surface area contributed by atoms with Gasteiger partial charge in [-0.15, -0.1) is 0 Å². The molecule has 0 amide bonds. The third kappa shape index (κ3) is 4.81. The van der Waals surface area contributed by atoms with Crippen molar-refractivity contribution in [3.05, 3.63) is 35.4 Å². The molecule has 1 aliphatic carbocycles. The van der Waals surface area contributed by atoms with E-state index in [0.717, 1.165) is 44.9 Å². The second kappa shape index (κ2) is 8.98. The summed E-state index contributed by atoms with van der Waals surface area (Å²) in [6.07, 6.45) is 8.57. The van der Waals surface area contributed by atoms with Gasteiger partial charge in [0, 0.05) is 32.2 Å². The van der Waals surface area contributed by atoms with Crippen molar-refractivity contribution in [2.45, 2.75) is 77.1 Å². The molecule has 3 heteroatoms. The smallest absolute Gasteiger partial charge is 0.0564 e. The Morgan fingerprint density at radius 2 is 1.75 bits per heavy atom. The Morgan fingerprint density at radius 3 is 2.50 bits per heavy atom. The van der Waals surface area contributed by atoms with E-state index in [4.69, 9.17) is 0 Å². The van der Waals surface area contributed by atoms with E-state index in [9.17, 15) is 5.11 Å². The Morgan fingerprint density at radius 1 is 1.04 bits per heavy atom. The number of rotatable bonds is 6. The van der Waals surface area contributed by atoms with Crippen molar-refractivity contribution in [1.82, 2.24) is 10.2 Å². The topological polar surface area (TPSA) is 35.5 Å². The fourth-order valence-electron chi connectivity index (χ4n) is 4.41. The van der Waals surface area contributed by atoms with Crippen LogP contribution in [-0.2, 0) is 13.1 Å². The van der Waals surface area contributed by atoms with Crippen molar-refractivity contribution in [2.75, 3.05) is 13.1 Å². The predicted octanol–water partition coefficient (Wildman–Crippen LogP) is 3.70. The molecule has 2 unspecified atom stereocenters. The van der Waals surface area contributed by atoms with Gasteiger partial charge in [0.1, 0.15) is 0 Å². The molecule has 1 aromatic carbocycles. The van der Waals surface area contributed by atoms with E-state index in [2.05, 4.69) is 41.4 Å². The third-order valence-corrected chi connectivity index (χ3v) is 6.06. The number of hydrogen-bond acceptors (Lipinski definition) is 3. The molecule has 1 aromatic rings. The van der Waals surface area contributed by atoms with Crippen molar-refractivity contribution in [3.8, 4) is 0 Å². The fraction of sp³-hybridized carbons (Fsp3) is 0.714. The number of piperidine rings is 1. The van der Waals surface area contributed by atoms with Gasteiger partial charge in [0.05, 0.1) is 6.10 Å². The minimum Gasteiger partial charge on any atom is -0.393 e. The lowest BCUT2D eigenvalue weighted by Gasteiger charge is -2.32. The SMILES string of the molecule is CCC1CCCCC1NCc1ccccc1CN1CCC(O)CC1. The van der Waals surface area contributed by atoms with Gasteiger partial charge in [0.15, 0.2) is 0 Å². The van der Waals surface area contributed by atoms with Crippen molar-refractivity contribution in [1.29, 1.82) is 0 Å². The van der Waals surface area contributed by atoms with Crippen LogP contribution in [0.2, 0.25) is 0 Å². The number of nitrogens with zero attached hydrogens (tertiary/aromatic N) is 1. The number of aliphatic hydroxyl groups excluding tert-OH is 1. The Kier molecular flexibility index (Phi) is 6.70. The minimum atomic E-state index is -0.0876. The molecule has 24 heavy (non-hydrogen) atoms. The van der Waals surface area contributed by atoms with E-state index in [1.54, 1.807) is 0 Å². The molecule has 1 aliphatic heterocycles. The fourth-order valence-corrected chi connectivity index (χ4v) is 4.41. The zero-order chi connectivity index (χ0) is 16.8. The monoisotopic (exact) mass is 330 g/mol. The quantitative estimate of drug-likeness (QED) is 0.835. The maximum absolute atomic E-state index is 9.69. The molecule has 2 fully saturated rings. The van der Waals surface area contributed by atoms with Gasteiger partial charge in [0.2, 0.25) is 0 Å². The van der Waals surface area contributed by atoms with Crippen molar-refractivity contribution < 1.29 is 5.11 Å². The lowest BCUT2D eigenvalue weighted by molar-refractivity contribution is 0.0791. The van der Waals surface area contributed by atoms with Crippen LogP contribution in [0.25, 0.3) is 0 Å². The summed E-state index contributed by atoms with van der Waals surface area (Å²) in [4.78, 5) is 2.49.